The molecule has 1 saturated heterocycles. The first-order chi connectivity index (χ1) is 14.9. The van der Waals surface area contributed by atoms with Crippen molar-refractivity contribution < 1.29 is 0 Å². The Hall–Kier alpha value is -3.75. The number of nitriles is 2. The molecule has 0 aliphatic carbocycles. The number of pyridine rings is 3. The number of rotatable bonds is 3. The van der Waals surface area contributed by atoms with Crippen LogP contribution in [-0.2, 0) is 13.6 Å². The third-order valence-electron chi connectivity index (χ3n) is 5.83. The summed E-state index contributed by atoms with van der Waals surface area (Å²) in [4.78, 5) is 26.3. The zero-order valence-corrected chi connectivity index (χ0v) is 17.8. The van der Waals surface area contributed by atoms with E-state index in [0.29, 0.717) is 29.8 Å². The molecule has 1 aliphatic heterocycles. The predicted molar refractivity (Wildman–Crippen MR) is 117 cm³/mol. The van der Waals surface area contributed by atoms with Crippen LogP contribution in [-0.4, -0.2) is 45.1 Å². The van der Waals surface area contributed by atoms with Gasteiger partial charge in [0.05, 0.1) is 16.9 Å². The fourth-order valence-corrected chi connectivity index (χ4v) is 4.19. The molecule has 0 unspecified atom stereocenters. The van der Waals surface area contributed by atoms with Crippen LogP contribution in [0.5, 0.6) is 0 Å². The van der Waals surface area contributed by atoms with E-state index in [1.54, 1.807) is 19.2 Å². The van der Waals surface area contributed by atoms with Gasteiger partial charge in [-0.3, -0.25) is 14.7 Å². The van der Waals surface area contributed by atoms with Crippen LogP contribution in [0.2, 0.25) is 0 Å². The summed E-state index contributed by atoms with van der Waals surface area (Å²) >= 11 is 0. The standard InChI is InChI=1S/C23H23N7O/c1-15-5-4-6-18(26-15)14-29-9-10-30(13-16(29)2)22-19(12-25)23(31)28(3)20-8-7-17(11-24)27-21(20)22/h4-8,16H,9-10,13-14H2,1-3H3/t16-/m1/s1. The van der Waals surface area contributed by atoms with Gasteiger partial charge in [-0.05, 0) is 38.1 Å². The van der Waals surface area contributed by atoms with Gasteiger partial charge < -0.3 is 9.47 Å². The predicted octanol–water partition coefficient (Wildman–Crippen LogP) is 2.09. The minimum absolute atomic E-state index is 0.0681. The Kier molecular flexibility index (Phi) is 5.41. The molecule has 0 N–H and O–H groups in total. The second-order valence-corrected chi connectivity index (χ2v) is 7.91. The molecule has 0 amide bonds. The Morgan fingerprint density at radius 1 is 1.13 bits per heavy atom. The van der Waals surface area contributed by atoms with E-state index in [4.69, 9.17) is 0 Å². The van der Waals surface area contributed by atoms with Gasteiger partial charge in [0, 0.05) is 45.0 Å². The van der Waals surface area contributed by atoms with Gasteiger partial charge in [0.25, 0.3) is 5.56 Å². The van der Waals surface area contributed by atoms with Gasteiger partial charge in [-0.15, -0.1) is 0 Å². The van der Waals surface area contributed by atoms with E-state index in [1.807, 2.05) is 25.1 Å². The molecule has 0 bridgehead atoms. The number of piperazine rings is 1. The minimum Gasteiger partial charge on any atom is -0.366 e. The van der Waals surface area contributed by atoms with Crippen LogP contribution in [0, 0.1) is 29.6 Å². The zero-order valence-electron chi connectivity index (χ0n) is 17.8. The van der Waals surface area contributed by atoms with Crippen molar-refractivity contribution in [1.82, 2.24) is 19.4 Å². The van der Waals surface area contributed by atoms with Gasteiger partial charge in [0.2, 0.25) is 0 Å². The lowest BCUT2D eigenvalue weighted by Gasteiger charge is -2.41. The number of anilines is 1. The van der Waals surface area contributed by atoms with Gasteiger partial charge in [0.1, 0.15) is 28.9 Å². The Labute approximate surface area is 180 Å². The monoisotopic (exact) mass is 413 g/mol. The molecule has 0 spiro atoms. The Morgan fingerprint density at radius 3 is 2.61 bits per heavy atom. The summed E-state index contributed by atoms with van der Waals surface area (Å²) in [6.07, 6.45) is 0. The highest BCUT2D eigenvalue weighted by molar-refractivity contribution is 5.92. The largest absolute Gasteiger partial charge is 0.366 e. The van der Waals surface area contributed by atoms with E-state index in [9.17, 15) is 15.3 Å². The van der Waals surface area contributed by atoms with Crippen molar-refractivity contribution in [3.05, 3.63) is 63.3 Å². The maximum Gasteiger partial charge on any atom is 0.270 e. The lowest BCUT2D eigenvalue weighted by Crippen LogP contribution is -2.52. The smallest absolute Gasteiger partial charge is 0.270 e. The van der Waals surface area contributed by atoms with Gasteiger partial charge in [-0.25, -0.2) is 4.98 Å². The topological polar surface area (TPSA) is 102 Å². The second-order valence-electron chi connectivity index (χ2n) is 7.91. The highest BCUT2D eigenvalue weighted by Crippen LogP contribution is 2.29. The Morgan fingerprint density at radius 2 is 1.94 bits per heavy atom. The number of hydrogen-bond acceptors (Lipinski definition) is 7. The first kappa shape index (κ1) is 20.5. The van der Waals surface area contributed by atoms with E-state index in [1.165, 1.54) is 4.57 Å². The molecule has 156 valence electrons. The summed E-state index contributed by atoms with van der Waals surface area (Å²) in [5.74, 6) is 0. The van der Waals surface area contributed by atoms with Crippen molar-refractivity contribution in [3.63, 3.8) is 0 Å². The molecule has 31 heavy (non-hydrogen) atoms. The number of fused-ring (bicyclic) bond motifs is 1. The van der Waals surface area contributed by atoms with Crippen LogP contribution in [0.25, 0.3) is 11.0 Å². The van der Waals surface area contributed by atoms with Crippen molar-refractivity contribution in [2.24, 2.45) is 7.05 Å². The maximum atomic E-state index is 12.9. The first-order valence-corrected chi connectivity index (χ1v) is 10.2. The van der Waals surface area contributed by atoms with Crippen LogP contribution in [0.1, 0.15) is 29.6 Å². The van der Waals surface area contributed by atoms with E-state index in [-0.39, 0.29) is 22.9 Å². The normalized spacial score (nSPS) is 16.8. The molecule has 0 saturated carbocycles. The lowest BCUT2D eigenvalue weighted by atomic mass is 10.1. The molecule has 4 rings (SSSR count). The van der Waals surface area contributed by atoms with E-state index >= 15 is 0 Å². The highest BCUT2D eigenvalue weighted by Gasteiger charge is 2.29. The van der Waals surface area contributed by atoms with Crippen LogP contribution < -0.4 is 10.5 Å². The zero-order chi connectivity index (χ0) is 22.1. The molecule has 0 radical (unpaired) electrons. The van der Waals surface area contributed by atoms with Gasteiger partial charge in [0.15, 0.2) is 0 Å². The molecule has 8 nitrogen and oxygen atoms in total. The fourth-order valence-electron chi connectivity index (χ4n) is 4.19. The molecular weight excluding hydrogens is 390 g/mol. The molecular formula is C23H23N7O. The average molecular weight is 413 g/mol. The minimum atomic E-state index is -0.351. The van der Waals surface area contributed by atoms with E-state index in [2.05, 4.69) is 38.8 Å². The number of aromatic nitrogens is 3. The molecule has 4 heterocycles. The average Bonchev–Trinajstić information content (AvgIpc) is 2.77. The molecule has 3 aromatic heterocycles. The first-order valence-electron chi connectivity index (χ1n) is 10.2. The molecule has 3 aromatic rings. The van der Waals surface area contributed by atoms with Crippen molar-refractivity contribution in [2.45, 2.75) is 26.4 Å². The van der Waals surface area contributed by atoms with Crippen molar-refractivity contribution in [1.29, 1.82) is 10.5 Å². The molecule has 1 aliphatic rings. The van der Waals surface area contributed by atoms with Crippen LogP contribution in [0.3, 0.4) is 0 Å². The molecule has 1 fully saturated rings. The summed E-state index contributed by atoms with van der Waals surface area (Å²) in [5.41, 5.74) is 3.64. The SMILES string of the molecule is Cc1cccc(CN2CCN(c3c(C#N)c(=O)n(C)c4ccc(C#N)nc34)C[C@H]2C)n1. The van der Waals surface area contributed by atoms with Crippen molar-refractivity contribution >= 4 is 16.7 Å². The summed E-state index contributed by atoms with van der Waals surface area (Å²) in [7, 11) is 1.62. The molecule has 8 heteroatoms. The maximum absolute atomic E-state index is 12.9. The Balaban J connectivity index is 1.71. The second kappa shape index (κ2) is 8.17. The lowest BCUT2D eigenvalue weighted by molar-refractivity contribution is 0.179. The van der Waals surface area contributed by atoms with Gasteiger partial charge >= 0.3 is 0 Å². The molecule has 0 aromatic carbocycles. The van der Waals surface area contributed by atoms with Crippen LogP contribution in [0.15, 0.2) is 35.1 Å². The third kappa shape index (κ3) is 3.74. The van der Waals surface area contributed by atoms with Crippen LogP contribution >= 0.6 is 0 Å². The van der Waals surface area contributed by atoms with Gasteiger partial charge in [-0.1, -0.05) is 6.07 Å². The van der Waals surface area contributed by atoms with Crippen molar-refractivity contribution in [2.75, 3.05) is 24.5 Å². The quantitative estimate of drug-likeness (QED) is 0.648. The third-order valence-corrected chi connectivity index (χ3v) is 5.83. The highest BCUT2D eigenvalue weighted by atomic mass is 16.1. The molecule has 1 atom stereocenters. The van der Waals surface area contributed by atoms with E-state index < -0.39 is 0 Å². The summed E-state index contributed by atoms with van der Waals surface area (Å²) in [6.45, 7) is 6.90. The van der Waals surface area contributed by atoms with Gasteiger partial charge in [-0.2, -0.15) is 10.5 Å². The summed E-state index contributed by atoms with van der Waals surface area (Å²) < 4.78 is 1.43. The van der Waals surface area contributed by atoms with Crippen molar-refractivity contribution in [3.8, 4) is 12.1 Å². The van der Waals surface area contributed by atoms with Crippen LogP contribution in [0.4, 0.5) is 5.69 Å². The fraction of sp³-hybridized carbons (Fsp3) is 0.348. The summed E-state index contributed by atoms with van der Waals surface area (Å²) in [5, 5.41) is 19.1. The number of nitrogens with zero attached hydrogens (tertiary/aromatic N) is 7. The number of hydrogen-bond donors (Lipinski definition) is 0. The number of aryl methyl sites for hydroxylation is 2. The summed E-state index contributed by atoms with van der Waals surface area (Å²) in [6, 6.07) is 13.7. The Bertz CT molecular complexity index is 1300. The van der Waals surface area contributed by atoms with E-state index in [0.717, 1.165) is 24.5 Å².